The van der Waals surface area contributed by atoms with Crippen LogP contribution in [0.4, 0.5) is 0 Å². The van der Waals surface area contributed by atoms with Crippen molar-refractivity contribution >= 4 is 35.0 Å². The molecule has 254 valence electrons. The number of pyridine rings is 1. The van der Waals surface area contributed by atoms with Crippen LogP contribution >= 0.6 is 0 Å². The summed E-state index contributed by atoms with van der Waals surface area (Å²) >= 11 is 0. The molecule has 2 spiro atoms. The number of ether oxygens (including phenoxy) is 5. The first-order valence-corrected chi connectivity index (χ1v) is 18.1. The zero-order valence-corrected chi connectivity index (χ0v) is 28.3. The van der Waals surface area contributed by atoms with Crippen LogP contribution in [-0.4, -0.2) is 64.7 Å². The molecule has 9 heteroatoms. The summed E-state index contributed by atoms with van der Waals surface area (Å²) < 4.78 is 34.3. The molecule has 10 rings (SSSR count). The number of unbranched alkanes of at least 4 members (excludes halogenated alkanes) is 1. The molecule has 3 saturated heterocycles. The van der Waals surface area contributed by atoms with Crippen molar-refractivity contribution in [2.24, 2.45) is 17.3 Å². The first kappa shape index (κ1) is 30.1. The number of aromatic nitrogens is 2. The van der Waals surface area contributed by atoms with E-state index in [0.29, 0.717) is 19.4 Å². The van der Waals surface area contributed by atoms with Crippen LogP contribution in [0.2, 0.25) is 0 Å². The van der Waals surface area contributed by atoms with Crippen LogP contribution in [0, 0.1) is 17.3 Å². The summed E-state index contributed by atoms with van der Waals surface area (Å²) in [7, 11) is 0. The Morgan fingerprint density at radius 1 is 1.08 bits per heavy atom. The average molecular weight is 664 g/mol. The third-order valence-corrected chi connectivity index (χ3v) is 13.4. The molecule has 9 atom stereocenters. The monoisotopic (exact) mass is 663 g/mol. The van der Waals surface area contributed by atoms with Crippen molar-refractivity contribution in [3.05, 3.63) is 77.3 Å². The summed E-state index contributed by atoms with van der Waals surface area (Å²) in [4.78, 5) is 29.4. The number of aromatic amines is 1. The van der Waals surface area contributed by atoms with Gasteiger partial charge in [0.25, 0.3) is 0 Å². The second kappa shape index (κ2) is 10.1. The van der Waals surface area contributed by atoms with Crippen LogP contribution in [0.1, 0.15) is 70.4 Å². The van der Waals surface area contributed by atoms with E-state index in [1.54, 1.807) is 0 Å². The molecule has 0 bridgehead atoms. The number of cyclic esters (lactones) is 1. The van der Waals surface area contributed by atoms with Crippen LogP contribution in [-0.2, 0) is 39.8 Å². The maximum Gasteiger partial charge on any atom is 0.334 e. The largest absolute Gasteiger partial charge is 0.458 e. The van der Waals surface area contributed by atoms with Gasteiger partial charge in [0.05, 0.1) is 6.10 Å². The third kappa shape index (κ3) is 3.89. The van der Waals surface area contributed by atoms with Crippen molar-refractivity contribution < 1.29 is 37.8 Å². The van der Waals surface area contributed by atoms with Gasteiger partial charge in [0.1, 0.15) is 36.6 Å². The lowest BCUT2D eigenvalue weighted by molar-refractivity contribution is -0.697. The Labute approximate surface area is 285 Å². The number of aryl methyl sites for hydroxylation is 1. The highest BCUT2D eigenvalue weighted by atomic mass is 16.8. The third-order valence-electron chi connectivity index (χ3n) is 13.4. The van der Waals surface area contributed by atoms with Crippen molar-refractivity contribution in [3.8, 4) is 0 Å². The van der Waals surface area contributed by atoms with Crippen LogP contribution in [0.3, 0.4) is 0 Å². The maximum absolute atomic E-state index is 13.6. The Hall–Kier alpha value is -3.79. The summed E-state index contributed by atoms with van der Waals surface area (Å²) in [5.41, 5.74) is 3.28. The number of esters is 2. The van der Waals surface area contributed by atoms with E-state index in [4.69, 9.17) is 23.7 Å². The highest BCUT2D eigenvalue weighted by Crippen LogP contribution is 2.83. The predicted octanol–water partition coefficient (Wildman–Crippen LogP) is 5.46. The molecule has 5 fully saturated rings. The van der Waals surface area contributed by atoms with Gasteiger partial charge >= 0.3 is 11.9 Å². The van der Waals surface area contributed by atoms with Gasteiger partial charge in [0.15, 0.2) is 24.1 Å². The number of benzene rings is 1. The number of epoxide rings is 3. The van der Waals surface area contributed by atoms with E-state index in [2.05, 4.69) is 85.2 Å². The fourth-order valence-electron chi connectivity index (χ4n) is 10.7. The topological polar surface area (TPSA) is 110 Å². The van der Waals surface area contributed by atoms with Gasteiger partial charge in [0.2, 0.25) is 0 Å². The molecule has 7 aliphatic rings. The number of rotatable bonds is 9. The fourth-order valence-corrected chi connectivity index (χ4v) is 10.7. The molecule has 3 aliphatic carbocycles. The minimum Gasteiger partial charge on any atom is -0.458 e. The molecule has 3 aromatic rings. The zero-order valence-electron chi connectivity index (χ0n) is 28.3. The Kier molecular flexibility index (Phi) is 6.22. The normalized spacial score (nSPS) is 39.1. The molecule has 2 aromatic heterocycles. The van der Waals surface area contributed by atoms with Gasteiger partial charge in [-0.2, -0.15) is 0 Å². The number of hydrogen-bond acceptors (Lipinski definition) is 7. The van der Waals surface area contributed by atoms with E-state index < -0.39 is 22.9 Å². The van der Waals surface area contributed by atoms with Gasteiger partial charge in [-0.05, 0) is 60.3 Å². The minimum atomic E-state index is -0.711. The lowest BCUT2D eigenvalue weighted by atomic mass is 9.46. The van der Waals surface area contributed by atoms with Crippen molar-refractivity contribution in [2.75, 3.05) is 6.61 Å². The molecule has 4 aliphatic heterocycles. The lowest BCUT2D eigenvalue weighted by Crippen LogP contribution is -2.70. The Balaban J connectivity index is 0.802. The van der Waals surface area contributed by atoms with Gasteiger partial charge in [-0.25, -0.2) is 9.36 Å². The van der Waals surface area contributed by atoms with Crippen molar-refractivity contribution in [3.63, 3.8) is 0 Å². The van der Waals surface area contributed by atoms with Crippen LogP contribution < -0.4 is 4.57 Å². The number of hydrogen-bond donors (Lipinski definition) is 1. The summed E-state index contributed by atoms with van der Waals surface area (Å²) in [5.74, 6) is -0.0749. The molecular formula is C40H43N2O7+. The highest BCUT2D eigenvalue weighted by Gasteiger charge is 3.01. The maximum atomic E-state index is 13.6. The molecule has 1 aromatic carbocycles. The molecular weight excluding hydrogens is 620 g/mol. The number of nitrogens with one attached hydrogen (secondary N) is 1. The van der Waals surface area contributed by atoms with E-state index in [9.17, 15) is 9.59 Å². The Bertz CT molecular complexity index is 1960. The number of nitrogens with zero attached hydrogens (tertiary/aromatic N) is 1. The van der Waals surface area contributed by atoms with Gasteiger partial charge < -0.3 is 28.7 Å². The fraction of sp³-hybridized carbons (Fsp3) is 0.525. The van der Waals surface area contributed by atoms with Crippen LogP contribution in [0.5, 0.6) is 0 Å². The standard InChI is InChI=1S/C40H42N2O7/c1-23(2)38-33(48-38)34-40(49-34)37(3)16-13-27-28(22-45-35(27)44)29(37)20-31-39(40,47-31)36(38)46-32(43)10-6-7-17-42-18-14-24(15-19-42)11-12-25-21-41-30-9-5-4-8-26(25)30/h4-5,8-9,11-12,14-15,18-19,21,23,29,31,33-34,36H,6-7,10,13,16-17,20,22H2,1-3H3/p+1/t29-,31-,33-,34-,36+,37-,38-,39+,40+/m0/s1. The molecule has 49 heavy (non-hydrogen) atoms. The first-order chi connectivity index (χ1) is 23.7. The Morgan fingerprint density at radius 3 is 2.76 bits per heavy atom. The molecule has 0 unspecified atom stereocenters. The van der Waals surface area contributed by atoms with Crippen molar-refractivity contribution in [1.82, 2.24) is 4.98 Å². The quantitative estimate of drug-likeness (QED) is 0.140. The predicted molar refractivity (Wildman–Crippen MR) is 179 cm³/mol. The van der Waals surface area contributed by atoms with Gasteiger partial charge in [-0.3, -0.25) is 4.79 Å². The number of carbonyl (C=O) groups is 2. The summed E-state index contributed by atoms with van der Waals surface area (Å²) in [6.45, 7) is 7.79. The highest BCUT2D eigenvalue weighted by molar-refractivity contribution is 5.92. The van der Waals surface area contributed by atoms with Crippen molar-refractivity contribution in [2.45, 2.75) is 107 Å². The Morgan fingerprint density at radius 2 is 1.92 bits per heavy atom. The van der Waals surface area contributed by atoms with Crippen LogP contribution in [0.15, 0.2) is 66.1 Å². The number of H-pyrrole nitrogens is 1. The minimum absolute atomic E-state index is 0.0877. The lowest BCUT2D eigenvalue weighted by Gasteiger charge is -2.53. The number of carbonyl (C=O) groups excluding carboxylic acids is 2. The van der Waals surface area contributed by atoms with Gasteiger partial charge in [-0.15, -0.1) is 0 Å². The first-order valence-electron chi connectivity index (χ1n) is 18.1. The molecule has 0 amide bonds. The number of fused-ring (bicyclic) bond motifs is 5. The summed E-state index contributed by atoms with van der Waals surface area (Å²) in [6, 6.07) is 12.5. The van der Waals surface area contributed by atoms with Gasteiger partial charge in [-0.1, -0.05) is 51.1 Å². The summed E-state index contributed by atoms with van der Waals surface area (Å²) in [5, 5.41) is 1.21. The molecule has 1 N–H and O–H groups in total. The van der Waals surface area contributed by atoms with E-state index in [0.717, 1.165) is 54.5 Å². The second-order valence-corrected chi connectivity index (χ2v) is 15.8. The van der Waals surface area contributed by atoms with E-state index in [1.807, 2.05) is 12.3 Å². The SMILES string of the molecule is CC(C)[C@]12O[C@H]1[C@@H]1O[C@]13[C@]1(O[C@H]1C[C@H]1C4=C(CC[C@@]13C)C(=O)OC4)[C@@H]2OC(=O)CCCC[n+]1ccc(/C=C/c2c[nH]c3ccccc23)cc1. The second-order valence-electron chi connectivity index (χ2n) is 15.8. The van der Waals surface area contributed by atoms with Gasteiger partial charge in [0, 0.05) is 53.1 Å². The van der Waals surface area contributed by atoms with Crippen LogP contribution in [0.25, 0.3) is 23.1 Å². The van der Waals surface area contributed by atoms with E-state index in [-0.39, 0.29) is 47.5 Å². The molecule has 6 heterocycles. The zero-order chi connectivity index (χ0) is 33.3. The molecule has 9 nitrogen and oxygen atoms in total. The van der Waals surface area contributed by atoms with E-state index >= 15 is 0 Å². The molecule has 0 radical (unpaired) electrons. The van der Waals surface area contributed by atoms with E-state index in [1.165, 1.54) is 10.9 Å². The number of para-hydroxylation sites is 1. The smallest absolute Gasteiger partial charge is 0.334 e. The average Bonchev–Trinajstić information content (AvgIpc) is 4.04. The molecule has 2 saturated carbocycles. The van der Waals surface area contributed by atoms with Crippen molar-refractivity contribution in [1.29, 1.82) is 0 Å². The summed E-state index contributed by atoms with van der Waals surface area (Å²) in [6.07, 6.45) is 13.9.